The SMILES string of the molecule is COc1ccc(-c2noc(CCC(=O)N(C)Cc3ccccc3N3CCCCC3)n2)cc1OC. The van der Waals surface area contributed by atoms with E-state index in [1.165, 1.54) is 30.5 Å². The first-order valence-electron chi connectivity index (χ1n) is 11.7. The van der Waals surface area contributed by atoms with Crippen molar-refractivity contribution < 1.29 is 18.8 Å². The molecule has 1 amide bonds. The van der Waals surface area contributed by atoms with E-state index in [-0.39, 0.29) is 5.91 Å². The first-order chi connectivity index (χ1) is 16.6. The van der Waals surface area contributed by atoms with Crippen LogP contribution in [-0.4, -0.2) is 55.3 Å². The molecule has 34 heavy (non-hydrogen) atoms. The van der Waals surface area contributed by atoms with Crippen molar-refractivity contribution in [1.82, 2.24) is 15.0 Å². The van der Waals surface area contributed by atoms with Crippen LogP contribution in [0, 0.1) is 0 Å². The van der Waals surface area contributed by atoms with Gasteiger partial charge in [-0.05, 0) is 49.1 Å². The molecular weight excluding hydrogens is 432 g/mol. The number of carbonyl (C=O) groups excluding carboxylic acids is 1. The first kappa shape index (κ1) is 23.6. The van der Waals surface area contributed by atoms with E-state index in [1.54, 1.807) is 31.3 Å². The number of piperidine rings is 1. The highest BCUT2D eigenvalue weighted by atomic mass is 16.5. The average molecular weight is 465 g/mol. The van der Waals surface area contributed by atoms with Crippen molar-refractivity contribution in [2.75, 3.05) is 39.3 Å². The maximum atomic E-state index is 12.8. The number of anilines is 1. The van der Waals surface area contributed by atoms with Gasteiger partial charge in [-0.25, -0.2) is 0 Å². The summed E-state index contributed by atoms with van der Waals surface area (Å²) >= 11 is 0. The molecule has 8 heteroatoms. The largest absolute Gasteiger partial charge is 0.493 e. The Kier molecular flexibility index (Phi) is 7.67. The third kappa shape index (κ3) is 5.50. The second-order valence-corrected chi connectivity index (χ2v) is 8.51. The molecule has 0 spiro atoms. The number of ether oxygens (including phenoxy) is 2. The molecule has 0 N–H and O–H groups in total. The van der Waals surface area contributed by atoms with E-state index < -0.39 is 0 Å². The van der Waals surface area contributed by atoms with Gasteiger partial charge in [-0.1, -0.05) is 23.4 Å². The number of aryl methyl sites for hydroxylation is 1. The Labute approximate surface area is 200 Å². The monoisotopic (exact) mass is 464 g/mol. The maximum absolute atomic E-state index is 12.8. The summed E-state index contributed by atoms with van der Waals surface area (Å²) in [7, 11) is 5.01. The lowest BCUT2D eigenvalue weighted by Crippen LogP contribution is -2.32. The molecule has 4 rings (SSSR count). The number of rotatable bonds is 9. The summed E-state index contributed by atoms with van der Waals surface area (Å²) in [5.41, 5.74) is 3.16. The van der Waals surface area contributed by atoms with Crippen LogP contribution in [0.1, 0.15) is 37.1 Å². The van der Waals surface area contributed by atoms with Crippen molar-refractivity contribution in [1.29, 1.82) is 0 Å². The predicted molar refractivity (Wildman–Crippen MR) is 130 cm³/mol. The van der Waals surface area contributed by atoms with Crippen molar-refractivity contribution in [2.45, 2.75) is 38.6 Å². The zero-order chi connectivity index (χ0) is 23.9. The van der Waals surface area contributed by atoms with Crippen LogP contribution >= 0.6 is 0 Å². The van der Waals surface area contributed by atoms with Gasteiger partial charge in [0.1, 0.15) is 0 Å². The fourth-order valence-electron chi connectivity index (χ4n) is 4.29. The van der Waals surface area contributed by atoms with Gasteiger partial charge in [0.05, 0.1) is 14.2 Å². The number of hydrogen-bond acceptors (Lipinski definition) is 7. The van der Waals surface area contributed by atoms with Gasteiger partial charge >= 0.3 is 0 Å². The minimum atomic E-state index is 0.0410. The molecule has 0 aliphatic carbocycles. The number of aromatic nitrogens is 2. The van der Waals surface area contributed by atoms with Gasteiger partial charge in [-0.3, -0.25) is 4.79 Å². The Morgan fingerprint density at radius 1 is 1.06 bits per heavy atom. The lowest BCUT2D eigenvalue weighted by Gasteiger charge is -2.31. The molecule has 0 bridgehead atoms. The highest BCUT2D eigenvalue weighted by molar-refractivity contribution is 5.76. The van der Waals surface area contributed by atoms with Crippen molar-refractivity contribution in [3.05, 3.63) is 53.9 Å². The van der Waals surface area contributed by atoms with Gasteiger partial charge < -0.3 is 23.8 Å². The molecule has 8 nitrogen and oxygen atoms in total. The zero-order valence-corrected chi connectivity index (χ0v) is 20.1. The molecular formula is C26H32N4O4. The summed E-state index contributed by atoms with van der Waals surface area (Å²) < 4.78 is 16.0. The highest BCUT2D eigenvalue weighted by Gasteiger charge is 2.18. The Bertz CT molecular complexity index is 1110. The van der Waals surface area contributed by atoms with E-state index >= 15 is 0 Å². The van der Waals surface area contributed by atoms with Crippen LogP contribution in [0.15, 0.2) is 47.0 Å². The van der Waals surface area contributed by atoms with E-state index in [9.17, 15) is 4.79 Å². The lowest BCUT2D eigenvalue weighted by molar-refractivity contribution is -0.130. The molecule has 0 atom stereocenters. The number of nitrogens with zero attached hydrogens (tertiary/aromatic N) is 4. The van der Waals surface area contributed by atoms with Crippen molar-refractivity contribution in [3.63, 3.8) is 0 Å². The zero-order valence-electron chi connectivity index (χ0n) is 20.1. The molecule has 3 aromatic rings. The smallest absolute Gasteiger partial charge is 0.227 e. The van der Waals surface area contributed by atoms with Gasteiger partial charge in [0, 0.05) is 50.8 Å². The Balaban J connectivity index is 1.35. The number of methoxy groups -OCH3 is 2. The molecule has 0 saturated carbocycles. The number of benzene rings is 2. The van der Waals surface area contributed by atoms with Crippen LogP contribution in [0.4, 0.5) is 5.69 Å². The quantitative estimate of drug-likeness (QED) is 0.466. The first-order valence-corrected chi connectivity index (χ1v) is 11.7. The van der Waals surface area contributed by atoms with Gasteiger partial charge in [-0.2, -0.15) is 4.98 Å². The summed E-state index contributed by atoms with van der Waals surface area (Å²) in [6.07, 6.45) is 4.42. The summed E-state index contributed by atoms with van der Waals surface area (Å²) in [4.78, 5) is 21.5. The number of para-hydroxylation sites is 1. The molecule has 1 saturated heterocycles. The van der Waals surface area contributed by atoms with Crippen molar-refractivity contribution in [2.24, 2.45) is 0 Å². The fraction of sp³-hybridized carbons (Fsp3) is 0.423. The lowest BCUT2D eigenvalue weighted by atomic mass is 10.1. The number of carbonyl (C=O) groups is 1. The van der Waals surface area contributed by atoms with Crippen LogP contribution in [0.25, 0.3) is 11.4 Å². The van der Waals surface area contributed by atoms with E-state index in [1.807, 2.05) is 19.2 Å². The predicted octanol–water partition coefficient (Wildman–Crippen LogP) is 4.34. The molecule has 1 aliphatic rings. The maximum Gasteiger partial charge on any atom is 0.227 e. The molecule has 1 fully saturated rings. The molecule has 2 aromatic carbocycles. The molecule has 0 radical (unpaired) electrons. The topological polar surface area (TPSA) is 80.9 Å². The van der Waals surface area contributed by atoms with Gasteiger partial charge in [0.25, 0.3) is 0 Å². The summed E-state index contributed by atoms with van der Waals surface area (Å²) in [5, 5.41) is 4.06. The van der Waals surface area contributed by atoms with Crippen LogP contribution in [0.2, 0.25) is 0 Å². The summed E-state index contributed by atoms with van der Waals surface area (Å²) in [6.45, 7) is 2.73. The molecule has 1 aliphatic heterocycles. The third-order valence-corrected chi connectivity index (χ3v) is 6.18. The van der Waals surface area contributed by atoms with Crippen LogP contribution in [0.5, 0.6) is 11.5 Å². The van der Waals surface area contributed by atoms with E-state index in [0.717, 1.165) is 18.7 Å². The second kappa shape index (κ2) is 11.0. The minimum Gasteiger partial charge on any atom is -0.493 e. The molecule has 1 aromatic heterocycles. The highest BCUT2D eigenvalue weighted by Crippen LogP contribution is 2.31. The van der Waals surface area contributed by atoms with E-state index in [0.29, 0.717) is 42.6 Å². The Morgan fingerprint density at radius 2 is 1.82 bits per heavy atom. The van der Waals surface area contributed by atoms with Crippen molar-refractivity contribution >= 4 is 11.6 Å². The third-order valence-electron chi connectivity index (χ3n) is 6.18. The summed E-state index contributed by atoms with van der Waals surface area (Å²) in [5.74, 6) is 2.14. The van der Waals surface area contributed by atoms with Gasteiger partial charge in [0.2, 0.25) is 17.6 Å². The minimum absolute atomic E-state index is 0.0410. The van der Waals surface area contributed by atoms with Crippen LogP contribution < -0.4 is 14.4 Å². The van der Waals surface area contributed by atoms with Crippen LogP contribution in [0.3, 0.4) is 0 Å². The normalized spacial score (nSPS) is 13.6. The van der Waals surface area contributed by atoms with Crippen LogP contribution in [-0.2, 0) is 17.8 Å². The molecule has 2 heterocycles. The Hall–Kier alpha value is -3.55. The van der Waals surface area contributed by atoms with Gasteiger partial charge in [-0.15, -0.1) is 0 Å². The van der Waals surface area contributed by atoms with Crippen molar-refractivity contribution in [3.8, 4) is 22.9 Å². The average Bonchev–Trinajstić information content (AvgIpc) is 3.36. The second-order valence-electron chi connectivity index (χ2n) is 8.51. The molecule has 0 unspecified atom stereocenters. The van der Waals surface area contributed by atoms with E-state index in [2.05, 4.69) is 33.2 Å². The number of hydrogen-bond donors (Lipinski definition) is 0. The summed E-state index contributed by atoms with van der Waals surface area (Å²) in [6, 6.07) is 13.8. The van der Waals surface area contributed by atoms with E-state index in [4.69, 9.17) is 14.0 Å². The fourth-order valence-corrected chi connectivity index (χ4v) is 4.29. The Morgan fingerprint density at radius 3 is 2.59 bits per heavy atom. The van der Waals surface area contributed by atoms with Gasteiger partial charge in [0.15, 0.2) is 11.5 Å². The number of amides is 1. The molecule has 180 valence electrons. The standard InChI is InChI=1S/C26H32N4O4/c1-29(18-20-9-5-6-10-21(20)30-15-7-4-8-16-30)25(31)14-13-24-27-26(28-34-24)19-11-12-22(32-2)23(17-19)33-3/h5-6,9-12,17H,4,7-8,13-16,18H2,1-3H3.